The topological polar surface area (TPSA) is 29.9 Å². The van der Waals surface area contributed by atoms with Crippen LogP contribution in [0, 0.1) is 0 Å². The Labute approximate surface area is 102 Å². The van der Waals surface area contributed by atoms with Gasteiger partial charge in [0.05, 0.1) is 5.69 Å². The van der Waals surface area contributed by atoms with Gasteiger partial charge in [0.15, 0.2) is 0 Å². The minimum absolute atomic E-state index is 0.0212. The fourth-order valence-corrected chi connectivity index (χ4v) is 2.30. The van der Waals surface area contributed by atoms with E-state index in [1.165, 1.54) is 6.42 Å². The molecule has 0 aromatic carbocycles. The number of nitrogens with one attached hydrogen (secondary N) is 1. The van der Waals surface area contributed by atoms with Gasteiger partial charge in [0.2, 0.25) is 0 Å². The monoisotopic (exact) mass is 239 g/mol. The lowest BCUT2D eigenvalue weighted by molar-refractivity contribution is 0.215. The van der Waals surface area contributed by atoms with Gasteiger partial charge in [0, 0.05) is 24.7 Å². The maximum absolute atomic E-state index is 14.1. The van der Waals surface area contributed by atoms with Gasteiger partial charge in [-0.3, -0.25) is 4.68 Å². The summed E-state index contributed by atoms with van der Waals surface area (Å²) in [6.07, 6.45) is 4.81. The van der Waals surface area contributed by atoms with Gasteiger partial charge in [-0.05, 0) is 39.3 Å². The maximum Gasteiger partial charge on any atom is 0.121 e. The number of rotatable bonds is 4. The van der Waals surface area contributed by atoms with Crippen molar-refractivity contribution < 1.29 is 4.39 Å². The minimum Gasteiger partial charge on any atom is -0.311 e. The third-order valence-electron chi connectivity index (χ3n) is 3.38. The Morgan fingerprint density at radius 3 is 2.94 bits per heavy atom. The molecule has 0 amide bonds. The lowest BCUT2D eigenvalue weighted by Gasteiger charge is -2.26. The van der Waals surface area contributed by atoms with E-state index in [1.807, 2.05) is 16.9 Å². The van der Waals surface area contributed by atoms with Gasteiger partial charge in [-0.15, -0.1) is 0 Å². The third-order valence-corrected chi connectivity index (χ3v) is 3.38. The number of hydrogen-bond donors (Lipinski definition) is 1. The Bertz CT molecular complexity index is 342. The first-order valence-corrected chi connectivity index (χ1v) is 6.58. The highest BCUT2D eigenvalue weighted by Crippen LogP contribution is 2.16. The van der Waals surface area contributed by atoms with Gasteiger partial charge >= 0.3 is 0 Å². The summed E-state index contributed by atoms with van der Waals surface area (Å²) in [4.78, 5) is 0. The van der Waals surface area contributed by atoms with E-state index in [4.69, 9.17) is 0 Å². The van der Waals surface area contributed by atoms with Gasteiger partial charge in [0.25, 0.3) is 0 Å². The number of halogens is 1. The van der Waals surface area contributed by atoms with Crippen molar-refractivity contribution in [3.05, 3.63) is 18.0 Å². The fourth-order valence-electron chi connectivity index (χ4n) is 2.30. The number of aromatic nitrogens is 2. The van der Waals surface area contributed by atoms with Crippen molar-refractivity contribution in [3.63, 3.8) is 0 Å². The van der Waals surface area contributed by atoms with E-state index in [1.54, 1.807) is 0 Å². The van der Waals surface area contributed by atoms with E-state index < -0.39 is 6.17 Å². The van der Waals surface area contributed by atoms with Crippen LogP contribution >= 0.6 is 0 Å². The predicted molar refractivity (Wildman–Crippen MR) is 66.9 cm³/mol. The molecule has 1 aromatic heterocycles. The molecule has 96 valence electrons. The van der Waals surface area contributed by atoms with Gasteiger partial charge in [-0.25, -0.2) is 4.39 Å². The minimum atomic E-state index is -0.814. The molecular formula is C13H22FN3. The molecule has 0 spiro atoms. The fraction of sp³-hybridized carbons (Fsp3) is 0.769. The smallest absolute Gasteiger partial charge is 0.121 e. The van der Waals surface area contributed by atoms with Crippen LogP contribution in [0.15, 0.2) is 12.3 Å². The van der Waals surface area contributed by atoms with E-state index in [-0.39, 0.29) is 6.04 Å². The number of hydrogen-bond acceptors (Lipinski definition) is 2. The lowest BCUT2D eigenvalue weighted by Crippen LogP contribution is -2.42. The van der Waals surface area contributed by atoms with Crippen LogP contribution in [0.25, 0.3) is 0 Å². The van der Waals surface area contributed by atoms with Crippen LogP contribution in [-0.2, 0) is 6.42 Å². The first-order valence-electron chi connectivity index (χ1n) is 6.58. The summed E-state index contributed by atoms with van der Waals surface area (Å²) in [6.45, 7) is 5.10. The van der Waals surface area contributed by atoms with Crippen molar-refractivity contribution in [2.75, 3.05) is 6.54 Å². The number of piperidine rings is 1. The van der Waals surface area contributed by atoms with Crippen LogP contribution in [0.5, 0.6) is 0 Å². The molecule has 0 radical (unpaired) electrons. The molecule has 0 saturated carbocycles. The van der Waals surface area contributed by atoms with Crippen LogP contribution in [0.2, 0.25) is 0 Å². The molecule has 1 aromatic rings. The number of alkyl halides is 1. The Balaban J connectivity index is 1.90. The van der Waals surface area contributed by atoms with Gasteiger partial charge in [-0.1, -0.05) is 6.42 Å². The Morgan fingerprint density at radius 1 is 1.53 bits per heavy atom. The molecule has 2 rings (SSSR count). The van der Waals surface area contributed by atoms with Crippen molar-refractivity contribution in [2.24, 2.45) is 0 Å². The quantitative estimate of drug-likeness (QED) is 0.875. The molecule has 2 unspecified atom stereocenters. The second-order valence-corrected chi connectivity index (χ2v) is 5.16. The highest BCUT2D eigenvalue weighted by molar-refractivity contribution is 5.02. The van der Waals surface area contributed by atoms with Crippen molar-refractivity contribution >= 4 is 0 Å². The Kier molecular flexibility index (Phi) is 4.15. The first-order chi connectivity index (χ1) is 8.16. The molecule has 17 heavy (non-hydrogen) atoms. The van der Waals surface area contributed by atoms with E-state index in [2.05, 4.69) is 24.3 Å². The number of nitrogens with zero attached hydrogens (tertiary/aromatic N) is 2. The van der Waals surface area contributed by atoms with Crippen LogP contribution < -0.4 is 5.32 Å². The Morgan fingerprint density at radius 2 is 2.35 bits per heavy atom. The highest BCUT2D eigenvalue weighted by Gasteiger charge is 2.23. The van der Waals surface area contributed by atoms with Crippen LogP contribution in [0.4, 0.5) is 4.39 Å². The average molecular weight is 239 g/mol. The molecule has 4 heteroatoms. The van der Waals surface area contributed by atoms with Crippen molar-refractivity contribution in [1.29, 1.82) is 0 Å². The highest BCUT2D eigenvalue weighted by atomic mass is 19.1. The zero-order valence-electron chi connectivity index (χ0n) is 10.7. The molecular weight excluding hydrogens is 217 g/mol. The summed E-state index contributed by atoms with van der Waals surface area (Å²) in [5, 5.41) is 7.65. The van der Waals surface area contributed by atoms with Gasteiger partial charge in [0.1, 0.15) is 6.17 Å². The SMILES string of the molecule is CC(C)n1ccc(CC(F)C2CCCCN2)n1. The zero-order valence-corrected chi connectivity index (χ0v) is 10.7. The molecule has 1 fully saturated rings. The molecule has 1 N–H and O–H groups in total. The van der Waals surface area contributed by atoms with Crippen LogP contribution in [0.1, 0.15) is 44.8 Å². The zero-order chi connectivity index (χ0) is 12.3. The molecule has 3 nitrogen and oxygen atoms in total. The van der Waals surface area contributed by atoms with E-state index in [0.717, 1.165) is 25.1 Å². The summed E-state index contributed by atoms with van der Waals surface area (Å²) >= 11 is 0. The molecule has 0 aliphatic carbocycles. The van der Waals surface area contributed by atoms with Crippen molar-refractivity contribution in [3.8, 4) is 0 Å². The Hall–Kier alpha value is -0.900. The van der Waals surface area contributed by atoms with Crippen LogP contribution in [0.3, 0.4) is 0 Å². The van der Waals surface area contributed by atoms with Crippen molar-refractivity contribution in [2.45, 2.75) is 57.8 Å². The largest absolute Gasteiger partial charge is 0.311 e. The van der Waals surface area contributed by atoms with Crippen molar-refractivity contribution in [1.82, 2.24) is 15.1 Å². The summed E-state index contributed by atoms with van der Waals surface area (Å²) in [5.74, 6) is 0. The molecule has 2 atom stereocenters. The molecule has 1 aliphatic rings. The molecule has 1 aliphatic heterocycles. The van der Waals surface area contributed by atoms with Gasteiger partial charge in [-0.2, -0.15) is 5.10 Å². The summed E-state index contributed by atoms with van der Waals surface area (Å²) in [5.41, 5.74) is 0.860. The lowest BCUT2D eigenvalue weighted by atomic mass is 9.98. The van der Waals surface area contributed by atoms with Crippen LogP contribution in [-0.4, -0.2) is 28.5 Å². The van der Waals surface area contributed by atoms with E-state index in [0.29, 0.717) is 12.5 Å². The average Bonchev–Trinajstić information content (AvgIpc) is 2.79. The predicted octanol–water partition coefficient (Wildman–Crippen LogP) is 2.49. The summed E-state index contributed by atoms with van der Waals surface area (Å²) < 4.78 is 16.0. The molecule has 0 bridgehead atoms. The maximum atomic E-state index is 14.1. The van der Waals surface area contributed by atoms with Gasteiger partial charge < -0.3 is 5.32 Å². The first kappa shape index (κ1) is 12.6. The van der Waals surface area contributed by atoms with E-state index in [9.17, 15) is 4.39 Å². The standard InChI is InChI=1S/C13H22FN3/c1-10(2)17-8-6-11(16-17)9-12(14)13-5-3-4-7-15-13/h6,8,10,12-13,15H,3-5,7,9H2,1-2H3. The van der Waals surface area contributed by atoms with E-state index >= 15 is 0 Å². The third kappa shape index (κ3) is 3.28. The second kappa shape index (κ2) is 5.63. The summed E-state index contributed by atoms with van der Waals surface area (Å²) in [7, 11) is 0. The molecule has 2 heterocycles. The molecule has 1 saturated heterocycles. The second-order valence-electron chi connectivity index (χ2n) is 5.16. The normalized spacial score (nSPS) is 22.9. The summed E-state index contributed by atoms with van der Waals surface area (Å²) in [6, 6.07) is 2.29.